The molecule has 1 aromatic carbocycles. The van der Waals surface area contributed by atoms with Crippen molar-refractivity contribution >= 4 is 18.3 Å². The van der Waals surface area contributed by atoms with Crippen LogP contribution in [0, 0.1) is 0 Å². The highest BCUT2D eigenvalue weighted by Crippen LogP contribution is 2.39. The number of hydrogen-bond acceptors (Lipinski definition) is 5. The minimum absolute atomic E-state index is 0.140. The van der Waals surface area contributed by atoms with Crippen molar-refractivity contribution in [3.8, 4) is 0 Å². The maximum atomic E-state index is 13.0. The molecule has 1 aromatic rings. The van der Waals surface area contributed by atoms with E-state index in [4.69, 9.17) is 9.47 Å². The van der Waals surface area contributed by atoms with E-state index in [0.717, 1.165) is 6.42 Å². The van der Waals surface area contributed by atoms with Crippen LogP contribution in [-0.4, -0.2) is 49.0 Å². The van der Waals surface area contributed by atoms with Gasteiger partial charge >= 0.3 is 11.9 Å². The summed E-state index contributed by atoms with van der Waals surface area (Å²) in [5.41, 5.74) is -1.18. The summed E-state index contributed by atoms with van der Waals surface area (Å²) >= 11 is 0. The fourth-order valence-corrected chi connectivity index (χ4v) is 3.35. The second-order valence-electron chi connectivity index (χ2n) is 5.62. The van der Waals surface area contributed by atoms with Crippen LogP contribution in [0.1, 0.15) is 32.3 Å². The van der Waals surface area contributed by atoms with Crippen molar-refractivity contribution in [1.29, 1.82) is 0 Å². The molecule has 1 unspecified atom stereocenters. The first-order valence-electron chi connectivity index (χ1n) is 8.23. The van der Waals surface area contributed by atoms with E-state index in [2.05, 4.69) is 0 Å². The monoisotopic (exact) mass is 333 g/mol. The number of carbonyl (C=O) groups excluding carboxylic acids is 3. The maximum Gasteiger partial charge on any atom is 0.330 e. The van der Waals surface area contributed by atoms with Crippen molar-refractivity contribution in [1.82, 2.24) is 4.90 Å². The highest BCUT2D eigenvalue weighted by molar-refractivity contribution is 6.07. The van der Waals surface area contributed by atoms with Gasteiger partial charge < -0.3 is 14.4 Å². The highest BCUT2D eigenvalue weighted by Gasteiger charge is 2.59. The van der Waals surface area contributed by atoms with Crippen LogP contribution in [0.15, 0.2) is 30.3 Å². The Kier molecular flexibility index (Phi) is 5.95. The molecule has 1 atom stereocenters. The Balaban J connectivity index is 2.65. The van der Waals surface area contributed by atoms with Gasteiger partial charge in [0.1, 0.15) is 0 Å². The summed E-state index contributed by atoms with van der Waals surface area (Å²) in [6, 6.07) is 8.10. The van der Waals surface area contributed by atoms with E-state index in [1.54, 1.807) is 44.2 Å². The highest BCUT2D eigenvalue weighted by atomic mass is 16.6. The van der Waals surface area contributed by atoms with Crippen molar-refractivity contribution < 1.29 is 23.9 Å². The van der Waals surface area contributed by atoms with Crippen molar-refractivity contribution in [3.05, 3.63) is 35.9 Å². The smallest absolute Gasteiger partial charge is 0.330 e. The van der Waals surface area contributed by atoms with Crippen molar-refractivity contribution in [3.63, 3.8) is 0 Å². The van der Waals surface area contributed by atoms with Gasteiger partial charge in [0.25, 0.3) is 0 Å². The SMILES string of the molecule is CCOC(=O)C(C(=O)OCC)(c1ccccc1)C1CCCN1C=O. The van der Waals surface area contributed by atoms with Gasteiger partial charge in [-0.2, -0.15) is 0 Å². The molecule has 0 aromatic heterocycles. The molecule has 1 fully saturated rings. The van der Waals surface area contributed by atoms with Crippen LogP contribution in [0.25, 0.3) is 0 Å². The second kappa shape index (κ2) is 7.95. The molecule has 1 amide bonds. The van der Waals surface area contributed by atoms with Gasteiger partial charge in [0.05, 0.1) is 19.3 Å². The van der Waals surface area contributed by atoms with Crippen molar-refractivity contribution in [2.45, 2.75) is 38.1 Å². The van der Waals surface area contributed by atoms with Crippen molar-refractivity contribution in [2.75, 3.05) is 19.8 Å². The Morgan fingerprint density at radius 1 is 1.17 bits per heavy atom. The molecule has 130 valence electrons. The molecule has 0 N–H and O–H groups in total. The second-order valence-corrected chi connectivity index (χ2v) is 5.62. The van der Waals surface area contributed by atoms with Gasteiger partial charge in [-0.05, 0) is 32.3 Å². The number of esters is 2. The molecule has 24 heavy (non-hydrogen) atoms. The quantitative estimate of drug-likeness (QED) is 0.431. The molecule has 1 aliphatic rings. The van der Waals surface area contributed by atoms with Crippen LogP contribution in [0.5, 0.6) is 0 Å². The third kappa shape index (κ3) is 3.00. The normalized spacial score (nSPS) is 17.4. The van der Waals surface area contributed by atoms with Crippen LogP contribution in [0.3, 0.4) is 0 Å². The molecule has 0 spiro atoms. The minimum Gasteiger partial charge on any atom is -0.465 e. The van der Waals surface area contributed by atoms with Gasteiger partial charge in [-0.15, -0.1) is 0 Å². The summed E-state index contributed by atoms with van der Waals surface area (Å²) in [7, 11) is 0. The lowest BCUT2D eigenvalue weighted by Gasteiger charge is -2.37. The molecule has 0 aliphatic carbocycles. The van der Waals surface area contributed by atoms with Gasteiger partial charge in [0.2, 0.25) is 11.8 Å². The van der Waals surface area contributed by atoms with Crippen LogP contribution in [0.2, 0.25) is 0 Å². The predicted molar refractivity (Wildman–Crippen MR) is 87.2 cm³/mol. The zero-order valence-corrected chi connectivity index (χ0v) is 14.1. The van der Waals surface area contributed by atoms with Crippen LogP contribution >= 0.6 is 0 Å². The van der Waals surface area contributed by atoms with Gasteiger partial charge in [0, 0.05) is 6.54 Å². The molecule has 0 bridgehead atoms. The maximum absolute atomic E-state index is 13.0. The predicted octanol–water partition coefficient (Wildman–Crippen LogP) is 1.67. The molecule has 1 saturated heterocycles. The fourth-order valence-electron chi connectivity index (χ4n) is 3.35. The van der Waals surface area contributed by atoms with Gasteiger partial charge in [-0.25, -0.2) is 0 Å². The Morgan fingerprint density at radius 3 is 2.25 bits per heavy atom. The summed E-state index contributed by atoms with van der Waals surface area (Å²) in [5.74, 6) is -1.35. The Morgan fingerprint density at radius 2 is 1.75 bits per heavy atom. The standard InChI is InChI=1S/C18H23NO5/c1-3-23-16(21)18(17(22)24-4-2,14-9-6-5-7-10-14)15-11-8-12-19(15)13-20/h5-7,9-10,13,15H,3-4,8,11-12H2,1-2H3. The minimum atomic E-state index is -1.66. The van der Waals surface area contributed by atoms with Crippen LogP contribution < -0.4 is 0 Å². The number of ether oxygens (including phenoxy) is 2. The summed E-state index contributed by atoms with van der Waals surface area (Å²) in [6.07, 6.45) is 1.94. The number of carbonyl (C=O) groups is 3. The zero-order valence-electron chi connectivity index (χ0n) is 14.1. The first-order chi connectivity index (χ1) is 11.6. The molecule has 0 radical (unpaired) electrons. The number of hydrogen-bond donors (Lipinski definition) is 0. The van der Waals surface area contributed by atoms with E-state index >= 15 is 0 Å². The van der Waals surface area contributed by atoms with E-state index in [-0.39, 0.29) is 13.2 Å². The van der Waals surface area contributed by atoms with E-state index in [9.17, 15) is 14.4 Å². The van der Waals surface area contributed by atoms with Gasteiger partial charge in [-0.1, -0.05) is 30.3 Å². The summed E-state index contributed by atoms with van der Waals surface area (Å²) < 4.78 is 10.5. The largest absolute Gasteiger partial charge is 0.465 e. The molecule has 2 rings (SSSR count). The fraction of sp³-hybridized carbons (Fsp3) is 0.500. The average molecular weight is 333 g/mol. The third-order valence-electron chi connectivity index (χ3n) is 4.35. The summed E-state index contributed by atoms with van der Waals surface area (Å²) in [6.45, 7) is 4.15. The lowest BCUT2D eigenvalue weighted by Crippen LogP contribution is -2.58. The topological polar surface area (TPSA) is 72.9 Å². The molecule has 6 nitrogen and oxygen atoms in total. The van der Waals surface area contributed by atoms with E-state index < -0.39 is 23.4 Å². The zero-order chi connectivity index (χ0) is 17.6. The Bertz CT molecular complexity index is 568. The number of amides is 1. The van der Waals surface area contributed by atoms with E-state index in [1.165, 1.54) is 4.90 Å². The Labute approximate surface area is 141 Å². The molecule has 1 heterocycles. The first kappa shape index (κ1) is 18.0. The van der Waals surface area contributed by atoms with E-state index in [0.29, 0.717) is 24.9 Å². The Hall–Kier alpha value is -2.37. The number of likely N-dealkylation sites (tertiary alicyclic amines) is 1. The molecule has 6 heteroatoms. The average Bonchev–Trinajstić information content (AvgIpc) is 3.06. The number of nitrogens with zero attached hydrogens (tertiary/aromatic N) is 1. The van der Waals surface area contributed by atoms with Crippen LogP contribution in [-0.2, 0) is 29.3 Å². The van der Waals surface area contributed by atoms with Crippen LogP contribution in [0.4, 0.5) is 0 Å². The summed E-state index contributed by atoms with van der Waals surface area (Å²) in [4.78, 5) is 38.9. The molecule has 1 aliphatic heterocycles. The summed E-state index contributed by atoms with van der Waals surface area (Å²) in [5, 5.41) is 0. The van der Waals surface area contributed by atoms with E-state index in [1.807, 2.05) is 0 Å². The number of rotatable bonds is 7. The lowest BCUT2D eigenvalue weighted by molar-refractivity contribution is -0.168. The lowest BCUT2D eigenvalue weighted by atomic mass is 9.72. The molecular weight excluding hydrogens is 310 g/mol. The number of benzene rings is 1. The van der Waals surface area contributed by atoms with Gasteiger partial charge in [-0.3, -0.25) is 14.4 Å². The van der Waals surface area contributed by atoms with Gasteiger partial charge in [0.15, 0.2) is 0 Å². The first-order valence-corrected chi connectivity index (χ1v) is 8.23. The third-order valence-corrected chi connectivity index (χ3v) is 4.35. The molecular formula is C18H23NO5. The van der Waals surface area contributed by atoms with Crippen molar-refractivity contribution in [2.24, 2.45) is 0 Å². The molecule has 0 saturated carbocycles.